The number of hydrogen-bond acceptors (Lipinski definition) is 4. The molecule has 1 N–H and O–H groups in total. The third kappa shape index (κ3) is 4.67. The molecule has 2 saturated carbocycles. The summed E-state index contributed by atoms with van der Waals surface area (Å²) < 4.78 is 5.58. The van der Waals surface area contributed by atoms with Crippen LogP contribution in [0.25, 0.3) is 5.57 Å². The second-order valence-corrected chi connectivity index (χ2v) is 15.3. The number of aromatic nitrogens is 1. The molecule has 4 aliphatic rings. The maximum atomic E-state index is 5.58. The molecule has 7 atom stereocenters. The lowest BCUT2D eigenvalue weighted by Crippen LogP contribution is -2.49. The van der Waals surface area contributed by atoms with Gasteiger partial charge in [-0.05, 0) is 109 Å². The number of rotatable bonds is 8. The number of para-hydroxylation sites is 2. The van der Waals surface area contributed by atoms with Crippen molar-refractivity contribution in [2.45, 2.75) is 98.8 Å². The Labute approximate surface area is 241 Å². The number of nitrogens with one attached hydrogen (secondary N) is 1. The average molecular weight is 547 g/mol. The second kappa shape index (κ2) is 10.5. The first kappa shape index (κ1) is 27.4. The summed E-state index contributed by atoms with van der Waals surface area (Å²) in [6.45, 7) is 12.7. The molecule has 0 bridgehead atoms. The molecule has 1 heterocycles. The molecule has 2 unspecified atom stereocenters. The molecule has 0 amide bonds. The smallest absolute Gasteiger partial charge is 0.188 e. The molecule has 212 valence electrons. The van der Waals surface area contributed by atoms with Gasteiger partial charge in [-0.1, -0.05) is 83.4 Å². The number of methoxy groups -OCH3 is 1. The Hall–Kier alpha value is -1.81. The van der Waals surface area contributed by atoms with Crippen LogP contribution in [-0.4, -0.2) is 12.1 Å². The summed E-state index contributed by atoms with van der Waals surface area (Å²) >= 11 is 1.86. The quantitative estimate of drug-likeness (QED) is 0.358. The zero-order chi connectivity index (χ0) is 27.4. The zero-order valence-corrected chi connectivity index (χ0v) is 26.0. The predicted octanol–water partition coefficient (Wildman–Crippen LogP) is 10.2. The monoisotopic (exact) mass is 546 g/mol. The summed E-state index contributed by atoms with van der Waals surface area (Å²) in [4.78, 5) is 6.54. The van der Waals surface area contributed by atoms with Crippen molar-refractivity contribution in [3.05, 3.63) is 40.9 Å². The van der Waals surface area contributed by atoms with Gasteiger partial charge in [0.15, 0.2) is 5.13 Å². The third-order valence-corrected chi connectivity index (χ3v) is 12.9. The fraction of sp³-hybridized carbons (Fsp3) is 0.686. The van der Waals surface area contributed by atoms with Crippen LogP contribution in [0.1, 0.15) is 103 Å². The standard InChI is InChI=1S/C35H50N2OS/c1-22(2)10-9-11-23(3)25-16-17-26-24-14-15-28-32-30(19-21-35(28,5)27(24)18-20-34(25,26)4)37-33(39-32)36-29-12-7-8-13-31(29)38-6/h7-8,12-13,15,22-27H,9-11,14,16-21H2,1-6H3,(H,36,37)/t23?,24-,25?,26-,27-,34+,35+/m0/s1. The van der Waals surface area contributed by atoms with Crippen LogP contribution in [0.15, 0.2) is 30.3 Å². The number of aryl methyl sites for hydroxylation is 1. The van der Waals surface area contributed by atoms with Crippen molar-refractivity contribution in [1.29, 1.82) is 0 Å². The maximum Gasteiger partial charge on any atom is 0.188 e. The van der Waals surface area contributed by atoms with Gasteiger partial charge in [0.1, 0.15) is 5.75 Å². The highest BCUT2D eigenvalue weighted by Crippen LogP contribution is 2.68. The van der Waals surface area contributed by atoms with Crippen LogP contribution in [0.5, 0.6) is 5.75 Å². The van der Waals surface area contributed by atoms with Gasteiger partial charge in [-0.2, -0.15) is 0 Å². The summed E-state index contributed by atoms with van der Waals surface area (Å²) in [6.07, 6.45) is 16.3. The van der Waals surface area contributed by atoms with Crippen LogP contribution in [0.3, 0.4) is 0 Å². The first-order valence-corrected chi connectivity index (χ1v) is 16.7. The van der Waals surface area contributed by atoms with E-state index in [1.165, 1.54) is 68.4 Å². The predicted molar refractivity (Wildman–Crippen MR) is 166 cm³/mol. The van der Waals surface area contributed by atoms with E-state index in [1.54, 1.807) is 12.7 Å². The third-order valence-electron chi connectivity index (χ3n) is 11.8. The average Bonchev–Trinajstić information content (AvgIpc) is 3.48. The van der Waals surface area contributed by atoms with E-state index in [1.807, 2.05) is 23.5 Å². The highest BCUT2D eigenvalue weighted by Gasteiger charge is 2.59. The number of allylic oxidation sites excluding steroid dienone is 2. The lowest BCUT2D eigenvalue weighted by Gasteiger charge is -2.57. The van der Waals surface area contributed by atoms with Crippen LogP contribution in [0.4, 0.5) is 10.8 Å². The molecule has 4 heteroatoms. The fourth-order valence-electron chi connectivity index (χ4n) is 9.82. The van der Waals surface area contributed by atoms with Gasteiger partial charge in [-0.15, -0.1) is 0 Å². The summed E-state index contributed by atoms with van der Waals surface area (Å²) in [5.74, 6) is 6.11. The Balaban J connectivity index is 1.22. The Morgan fingerprint density at radius 2 is 1.87 bits per heavy atom. The van der Waals surface area contributed by atoms with Crippen molar-refractivity contribution >= 4 is 27.7 Å². The number of hydrogen-bond donors (Lipinski definition) is 1. The summed E-state index contributed by atoms with van der Waals surface area (Å²) in [7, 11) is 1.73. The van der Waals surface area contributed by atoms with Crippen molar-refractivity contribution in [3.63, 3.8) is 0 Å². The van der Waals surface area contributed by atoms with E-state index >= 15 is 0 Å². The molecule has 4 aliphatic carbocycles. The van der Waals surface area contributed by atoms with Crippen LogP contribution < -0.4 is 10.1 Å². The van der Waals surface area contributed by atoms with Gasteiger partial charge in [0, 0.05) is 0 Å². The maximum absolute atomic E-state index is 5.58. The molecule has 3 nitrogen and oxygen atoms in total. The minimum atomic E-state index is 0.298. The van der Waals surface area contributed by atoms with Crippen LogP contribution in [-0.2, 0) is 6.42 Å². The van der Waals surface area contributed by atoms with Crippen molar-refractivity contribution in [2.24, 2.45) is 46.3 Å². The van der Waals surface area contributed by atoms with Gasteiger partial charge in [0.2, 0.25) is 0 Å². The molecule has 2 aromatic rings. The molecule has 2 fully saturated rings. The van der Waals surface area contributed by atoms with Gasteiger partial charge in [-0.25, -0.2) is 4.98 Å². The molecule has 39 heavy (non-hydrogen) atoms. The van der Waals surface area contributed by atoms with Gasteiger partial charge in [0.25, 0.3) is 0 Å². The molecular formula is C35H50N2OS. The number of fused-ring (bicyclic) bond motifs is 7. The van der Waals surface area contributed by atoms with Gasteiger partial charge < -0.3 is 10.1 Å². The van der Waals surface area contributed by atoms with E-state index in [0.717, 1.165) is 58.5 Å². The number of nitrogens with zero attached hydrogens (tertiary/aromatic N) is 1. The minimum Gasteiger partial charge on any atom is -0.495 e. The molecule has 0 saturated heterocycles. The van der Waals surface area contributed by atoms with Gasteiger partial charge in [-0.3, -0.25) is 0 Å². The van der Waals surface area contributed by atoms with Crippen molar-refractivity contribution in [1.82, 2.24) is 4.98 Å². The number of benzene rings is 1. The van der Waals surface area contributed by atoms with Crippen LogP contribution in [0.2, 0.25) is 0 Å². The molecule has 0 radical (unpaired) electrons. The lowest BCUT2D eigenvalue weighted by atomic mass is 9.47. The molecule has 6 rings (SSSR count). The molecular weight excluding hydrogens is 496 g/mol. The number of ether oxygens (including phenoxy) is 1. The van der Waals surface area contributed by atoms with E-state index in [2.05, 4.69) is 58.1 Å². The van der Waals surface area contributed by atoms with Crippen LogP contribution in [0, 0.1) is 46.3 Å². The van der Waals surface area contributed by atoms with Gasteiger partial charge in [0.05, 0.1) is 23.4 Å². The largest absolute Gasteiger partial charge is 0.495 e. The fourth-order valence-corrected chi connectivity index (χ4v) is 11.0. The number of thiazole rings is 1. The van der Waals surface area contributed by atoms with E-state index in [4.69, 9.17) is 9.72 Å². The summed E-state index contributed by atoms with van der Waals surface area (Å²) in [5.41, 5.74) is 4.77. The Bertz CT molecular complexity index is 1210. The van der Waals surface area contributed by atoms with E-state index in [9.17, 15) is 0 Å². The zero-order valence-electron chi connectivity index (χ0n) is 25.2. The minimum absolute atomic E-state index is 0.298. The van der Waals surface area contributed by atoms with Gasteiger partial charge >= 0.3 is 0 Å². The van der Waals surface area contributed by atoms with Crippen molar-refractivity contribution in [2.75, 3.05) is 12.4 Å². The summed E-state index contributed by atoms with van der Waals surface area (Å²) in [6, 6.07) is 8.15. The SMILES string of the molecule is COc1ccccc1Nc1nc2c(s1)C1=CC[C@@H]3[C@H](CC[C@]4(C)C(C(C)CCCC(C)C)CC[C@@H]34)[C@@]1(C)CC2. The molecule has 1 aromatic heterocycles. The van der Waals surface area contributed by atoms with Crippen molar-refractivity contribution < 1.29 is 4.74 Å². The lowest BCUT2D eigenvalue weighted by molar-refractivity contribution is -0.0392. The Kier molecular flexibility index (Phi) is 7.40. The normalized spacial score (nSPS) is 34.0. The molecule has 0 spiro atoms. The Morgan fingerprint density at radius 1 is 1.05 bits per heavy atom. The van der Waals surface area contributed by atoms with Crippen molar-refractivity contribution in [3.8, 4) is 5.75 Å². The first-order valence-electron chi connectivity index (χ1n) is 15.9. The topological polar surface area (TPSA) is 34.1 Å². The van der Waals surface area contributed by atoms with E-state index < -0.39 is 0 Å². The first-order chi connectivity index (χ1) is 18.7. The van der Waals surface area contributed by atoms with E-state index in [0.29, 0.717) is 10.8 Å². The summed E-state index contributed by atoms with van der Waals surface area (Å²) in [5, 5.41) is 4.57. The number of anilines is 2. The molecule has 1 aromatic carbocycles. The molecule has 0 aliphatic heterocycles. The second-order valence-electron chi connectivity index (χ2n) is 14.3. The highest BCUT2D eigenvalue weighted by molar-refractivity contribution is 7.16. The Morgan fingerprint density at radius 3 is 2.67 bits per heavy atom. The van der Waals surface area contributed by atoms with Crippen LogP contribution >= 0.6 is 11.3 Å². The highest BCUT2D eigenvalue weighted by atomic mass is 32.1. The van der Waals surface area contributed by atoms with E-state index in [-0.39, 0.29) is 0 Å².